The molecule has 0 spiro atoms. The van der Waals surface area contributed by atoms with Crippen LogP contribution in [0.2, 0.25) is 0 Å². The minimum absolute atomic E-state index is 0.000175. The Bertz CT molecular complexity index is 676. The van der Waals surface area contributed by atoms with E-state index in [-0.39, 0.29) is 25.0 Å². The molecule has 2 amide bonds. The molecule has 0 aliphatic carbocycles. The van der Waals surface area contributed by atoms with Crippen LogP contribution in [0.4, 0.5) is 5.69 Å². The zero-order chi connectivity index (χ0) is 20.5. The summed E-state index contributed by atoms with van der Waals surface area (Å²) in [6.45, 7) is 7.83. The van der Waals surface area contributed by atoms with Crippen LogP contribution >= 0.6 is 0 Å². The summed E-state index contributed by atoms with van der Waals surface area (Å²) >= 11 is 0. The first-order valence-electron chi connectivity index (χ1n) is 10.8. The van der Waals surface area contributed by atoms with E-state index in [2.05, 4.69) is 11.8 Å². The lowest BCUT2D eigenvalue weighted by Crippen LogP contribution is -2.49. The quantitative estimate of drug-likeness (QED) is 0.560. The van der Waals surface area contributed by atoms with Gasteiger partial charge in [-0.1, -0.05) is 38.3 Å². The average molecular weight is 404 g/mol. The number of carbonyl (C=O) groups excluding carboxylic acids is 2. The van der Waals surface area contributed by atoms with Crippen molar-refractivity contribution in [3.63, 3.8) is 0 Å². The number of carbonyl (C=O) groups is 2. The van der Waals surface area contributed by atoms with Gasteiger partial charge in [0.1, 0.15) is 12.3 Å². The van der Waals surface area contributed by atoms with E-state index in [0.29, 0.717) is 18.0 Å². The lowest BCUT2D eigenvalue weighted by molar-refractivity contribution is -0.132. The number of morpholine rings is 1. The van der Waals surface area contributed by atoms with Gasteiger partial charge in [0.2, 0.25) is 5.91 Å². The second-order valence-electron chi connectivity index (χ2n) is 7.63. The largest absolute Gasteiger partial charge is 0.482 e. The number of amides is 2. The van der Waals surface area contributed by atoms with Gasteiger partial charge in [0.15, 0.2) is 6.61 Å². The number of para-hydroxylation sites is 2. The summed E-state index contributed by atoms with van der Waals surface area (Å²) in [4.78, 5) is 31.4. The molecule has 0 atom stereocenters. The summed E-state index contributed by atoms with van der Waals surface area (Å²) in [5, 5.41) is 0. The first-order valence-corrected chi connectivity index (χ1v) is 10.8. The molecule has 0 N–H and O–H groups in total. The van der Waals surface area contributed by atoms with Gasteiger partial charge in [-0.15, -0.1) is 0 Å². The number of unbranched alkanes of at least 4 members (excludes halogenated alkanes) is 3. The number of benzene rings is 1. The third kappa shape index (κ3) is 6.18. The Morgan fingerprint density at radius 3 is 2.69 bits per heavy atom. The lowest BCUT2D eigenvalue weighted by Gasteiger charge is -2.33. The topological polar surface area (TPSA) is 62.3 Å². The zero-order valence-corrected chi connectivity index (χ0v) is 17.5. The zero-order valence-electron chi connectivity index (χ0n) is 17.5. The molecule has 1 fully saturated rings. The highest BCUT2D eigenvalue weighted by Crippen LogP contribution is 2.31. The van der Waals surface area contributed by atoms with E-state index in [1.54, 1.807) is 4.90 Å². The molecular formula is C22H33N3O4. The van der Waals surface area contributed by atoms with E-state index < -0.39 is 0 Å². The fourth-order valence-electron chi connectivity index (χ4n) is 3.74. The Morgan fingerprint density at radius 2 is 1.90 bits per heavy atom. The fraction of sp³-hybridized carbons (Fsp3) is 0.636. The summed E-state index contributed by atoms with van der Waals surface area (Å²) in [5.41, 5.74) is 0.677. The van der Waals surface area contributed by atoms with Gasteiger partial charge in [0.25, 0.3) is 5.91 Å². The van der Waals surface area contributed by atoms with Crippen LogP contribution in [0, 0.1) is 0 Å². The van der Waals surface area contributed by atoms with Gasteiger partial charge < -0.3 is 14.4 Å². The standard InChI is InChI=1S/C22H33N3O4/c1-2-3-4-7-10-24(12-11-23-13-15-28-16-14-23)21(26)17-25-19-8-5-6-9-20(19)29-18-22(25)27/h5-6,8-9H,2-4,7,10-18H2,1H3. The first kappa shape index (κ1) is 21.6. The van der Waals surface area contributed by atoms with E-state index in [0.717, 1.165) is 52.2 Å². The summed E-state index contributed by atoms with van der Waals surface area (Å²) in [6.07, 6.45) is 4.47. The van der Waals surface area contributed by atoms with Crippen molar-refractivity contribution >= 4 is 17.5 Å². The van der Waals surface area contributed by atoms with Crippen LogP contribution < -0.4 is 9.64 Å². The predicted octanol–water partition coefficient (Wildman–Crippen LogP) is 2.15. The number of fused-ring (bicyclic) bond motifs is 1. The summed E-state index contributed by atoms with van der Waals surface area (Å²) in [6, 6.07) is 7.40. The third-order valence-corrected chi connectivity index (χ3v) is 5.53. The summed E-state index contributed by atoms with van der Waals surface area (Å²) in [7, 11) is 0. The van der Waals surface area contributed by atoms with Gasteiger partial charge in [-0.25, -0.2) is 0 Å². The van der Waals surface area contributed by atoms with Crippen molar-refractivity contribution in [2.75, 3.05) is 64.0 Å². The molecule has 3 rings (SSSR count). The van der Waals surface area contributed by atoms with Crippen molar-refractivity contribution in [2.24, 2.45) is 0 Å². The first-order chi connectivity index (χ1) is 14.2. The van der Waals surface area contributed by atoms with Crippen LogP contribution in [-0.4, -0.2) is 80.7 Å². The molecule has 7 heteroatoms. The predicted molar refractivity (Wildman–Crippen MR) is 112 cm³/mol. The third-order valence-electron chi connectivity index (χ3n) is 5.53. The molecule has 0 unspecified atom stereocenters. The Kier molecular flexibility index (Phi) is 8.31. The van der Waals surface area contributed by atoms with Crippen molar-refractivity contribution in [3.8, 4) is 5.75 Å². The van der Waals surface area contributed by atoms with Crippen LogP contribution in [0.1, 0.15) is 32.6 Å². The smallest absolute Gasteiger partial charge is 0.265 e. The molecular weight excluding hydrogens is 370 g/mol. The van der Waals surface area contributed by atoms with Crippen LogP contribution in [-0.2, 0) is 14.3 Å². The van der Waals surface area contributed by atoms with E-state index >= 15 is 0 Å². The molecule has 2 heterocycles. The Labute approximate surface area is 173 Å². The van der Waals surface area contributed by atoms with Crippen LogP contribution in [0.15, 0.2) is 24.3 Å². The Hall–Kier alpha value is -2.12. The maximum atomic E-state index is 13.2. The summed E-state index contributed by atoms with van der Waals surface area (Å²) < 4.78 is 10.9. The van der Waals surface area contributed by atoms with Crippen molar-refractivity contribution in [1.82, 2.24) is 9.80 Å². The molecule has 160 valence electrons. The molecule has 2 aliphatic rings. The molecule has 0 bridgehead atoms. The fourth-order valence-corrected chi connectivity index (χ4v) is 3.74. The number of rotatable bonds is 10. The van der Waals surface area contributed by atoms with Gasteiger partial charge in [-0.05, 0) is 18.6 Å². The molecule has 1 aromatic carbocycles. The Balaban J connectivity index is 1.62. The van der Waals surface area contributed by atoms with E-state index in [1.807, 2.05) is 29.2 Å². The monoisotopic (exact) mass is 403 g/mol. The van der Waals surface area contributed by atoms with Crippen molar-refractivity contribution in [2.45, 2.75) is 32.6 Å². The molecule has 1 aromatic rings. The van der Waals surface area contributed by atoms with Crippen LogP contribution in [0.5, 0.6) is 5.75 Å². The van der Waals surface area contributed by atoms with E-state index in [4.69, 9.17) is 9.47 Å². The van der Waals surface area contributed by atoms with Crippen molar-refractivity contribution in [3.05, 3.63) is 24.3 Å². The van der Waals surface area contributed by atoms with Gasteiger partial charge >= 0.3 is 0 Å². The minimum atomic E-state index is -0.170. The molecule has 0 saturated carbocycles. The molecule has 29 heavy (non-hydrogen) atoms. The lowest BCUT2D eigenvalue weighted by atomic mass is 10.2. The molecule has 1 saturated heterocycles. The van der Waals surface area contributed by atoms with Gasteiger partial charge in [0.05, 0.1) is 18.9 Å². The highest BCUT2D eigenvalue weighted by Gasteiger charge is 2.28. The maximum Gasteiger partial charge on any atom is 0.265 e. The van der Waals surface area contributed by atoms with Crippen molar-refractivity contribution < 1.29 is 19.1 Å². The number of nitrogens with zero attached hydrogens (tertiary/aromatic N) is 3. The minimum Gasteiger partial charge on any atom is -0.482 e. The van der Waals surface area contributed by atoms with E-state index in [1.165, 1.54) is 12.8 Å². The van der Waals surface area contributed by atoms with Gasteiger partial charge in [0, 0.05) is 32.7 Å². The second kappa shape index (κ2) is 11.2. The number of anilines is 1. The molecule has 7 nitrogen and oxygen atoms in total. The Morgan fingerprint density at radius 1 is 1.10 bits per heavy atom. The van der Waals surface area contributed by atoms with Gasteiger partial charge in [-0.3, -0.25) is 19.4 Å². The van der Waals surface area contributed by atoms with Crippen molar-refractivity contribution in [1.29, 1.82) is 0 Å². The second-order valence-corrected chi connectivity index (χ2v) is 7.63. The van der Waals surface area contributed by atoms with Crippen LogP contribution in [0.25, 0.3) is 0 Å². The average Bonchev–Trinajstić information content (AvgIpc) is 2.76. The van der Waals surface area contributed by atoms with Gasteiger partial charge in [-0.2, -0.15) is 0 Å². The number of hydrogen-bond donors (Lipinski definition) is 0. The summed E-state index contributed by atoms with van der Waals surface area (Å²) in [5.74, 6) is 0.485. The highest BCUT2D eigenvalue weighted by molar-refractivity contribution is 6.02. The number of hydrogen-bond acceptors (Lipinski definition) is 5. The maximum absolute atomic E-state index is 13.2. The molecule has 2 aliphatic heterocycles. The number of ether oxygens (including phenoxy) is 2. The molecule has 0 aromatic heterocycles. The molecule has 0 radical (unpaired) electrons. The SMILES string of the molecule is CCCCCCN(CCN1CCOCC1)C(=O)CN1C(=O)COc2ccccc21. The van der Waals surface area contributed by atoms with E-state index in [9.17, 15) is 9.59 Å². The normalized spacial score (nSPS) is 17.0. The highest BCUT2D eigenvalue weighted by atomic mass is 16.5. The van der Waals surface area contributed by atoms with Crippen LogP contribution in [0.3, 0.4) is 0 Å².